The van der Waals surface area contributed by atoms with Crippen molar-refractivity contribution in [2.45, 2.75) is 38.6 Å². The van der Waals surface area contributed by atoms with Crippen molar-refractivity contribution in [2.24, 2.45) is 0 Å². The Morgan fingerprint density at radius 2 is 1.79 bits per heavy atom. The van der Waals surface area contributed by atoms with Gasteiger partial charge in [-0.2, -0.15) is 0 Å². The summed E-state index contributed by atoms with van der Waals surface area (Å²) in [5.74, 6) is 0.782. The van der Waals surface area contributed by atoms with E-state index < -0.39 is 0 Å². The molecule has 0 spiro atoms. The molecule has 2 aliphatic heterocycles. The van der Waals surface area contributed by atoms with Gasteiger partial charge in [-0.3, -0.25) is 14.6 Å². The van der Waals surface area contributed by atoms with Crippen LogP contribution in [0.5, 0.6) is 5.75 Å². The molecule has 1 aromatic carbocycles. The average molecular weight is 393 g/mol. The summed E-state index contributed by atoms with van der Waals surface area (Å²) in [4.78, 5) is 33.4. The van der Waals surface area contributed by atoms with E-state index >= 15 is 0 Å². The zero-order chi connectivity index (χ0) is 20.2. The van der Waals surface area contributed by atoms with Gasteiger partial charge in [0.2, 0.25) is 0 Å². The van der Waals surface area contributed by atoms with Crippen molar-refractivity contribution in [3.05, 3.63) is 59.4 Å². The molecule has 4 rings (SSSR count). The highest BCUT2D eigenvalue weighted by Crippen LogP contribution is 2.23. The molecular weight excluding hydrogens is 366 g/mol. The number of aromatic nitrogens is 1. The van der Waals surface area contributed by atoms with Crippen LogP contribution in [0.2, 0.25) is 0 Å². The van der Waals surface area contributed by atoms with E-state index in [0.29, 0.717) is 17.9 Å². The number of aryl methyl sites for hydroxylation is 1. The number of carbonyl (C=O) groups is 2. The van der Waals surface area contributed by atoms with Crippen LogP contribution in [-0.2, 0) is 0 Å². The molecule has 2 fully saturated rings. The molecule has 0 saturated carbocycles. The van der Waals surface area contributed by atoms with E-state index in [9.17, 15) is 9.59 Å². The second-order valence-electron chi connectivity index (χ2n) is 7.80. The van der Waals surface area contributed by atoms with Crippen LogP contribution in [0.1, 0.15) is 52.1 Å². The SMILES string of the molecule is Cc1cccnc1C(=O)N1CCCC1COc1ccc(C(=O)N2CCCC2)cc1. The number of nitrogens with zero attached hydrogens (tertiary/aromatic N) is 3. The third kappa shape index (κ3) is 4.26. The summed E-state index contributed by atoms with van der Waals surface area (Å²) in [5, 5.41) is 0. The highest BCUT2D eigenvalue weighted by molar-refractivity contribution is 5.94. The van der Waals surface area contributed by atoms with Crippen molar-refractivity contribution in [3.63, 3.8) is 0 Å². The van der Waals surface area contributed by atoms with Crippen LogP contribution in [0.25, 0.3) is 0 Å². The Hall–Kier alpha value is -2.89. The van der Waals surface area contributed by atoms with Crippen molar-refractivity contribution in [1.82, 2.24) is 14.8 Å². The highest BCUT2D eigenvalue weighted by atomic mass is 16.5. The minimum atomic E-state index is -0.0271. The molecule has 1 aromatic heterocycles. The van der Waals surface area contributed by atoms with Crippen LogP contribution in [0, 0.1) is 6.92 Å². The smallest absolute Gasteiger partial charge is 0.273 e. The number of likely N-dealkylation sites (tertiary alicyclic amines) is 2. The third-order valence-corrected chi connectivity index (χ3v) is 5.79. The molecular formula is C23H27N3O3. The summed E-state index contributed by atoms with van der Waals surface area (Å²) in [5.41, 5.74) is 2.11. The third-order valence-electron chi connectivity index (χ3n) is 5.79. The van der Waals surface area contributed by atoms with Crippen LogP contribution >= 0.6 is 0 Å². The minimum Gasteiger partial charge on any atom is -0.491 e. The molecule has 2 aromatic rings. The van der Waals surface area contributed by atoms with Crippen LogP contribution in [-0.4, -0.2) is 58.9 Å². The normalized spacial score (nSPS) is 18.9. The highest BCUT2D eigenvalue weighted by Gasteiger charge is 2.31. The Morgan fingerprint density at radius 3 is 2.52 bits per heavy atom. The molecule has 2 amide bonds. The molecule has 0 bridgehead atoms. The zero-order valence-electron chi connectivity index (χ0n) is 16.8. The van der Waals surface area contributed by atoms with E-state index in [1.807, 2.05) is 53.1 Å². The van der Waals surface area contributed by atoms with E-state index in [0.717, 1.165) is 56.6 Å². The molecule has 152 valence electrons. The van der Waals surface area contributed by atoms with Gasteiger partial charge in [-0.15, -0.1) is 0 Å². The Bertz CT molecular complexity index is 875. The van der Waals surface area contributed by atoms with Crippen molar-refractivity contribution < 1.29 is 14.3 Å². The maximum atomic E-state index is 12.9. The minimum absolute atomic E-state index is 0.0271. The lowest BCUT2D eigenvalue weighted by Crippen LogP contribution is -2.39. The second-order valence-corrected chi connectivity index (χ2v) is 7.80. The van der Waals surface area contributed by atoms with E-state index in [1.54, 1.807) is 6.20 Å². The Labute approximate surface area is 171 Å². The molecule has 6 heteroatoms. The van der Waals surface area contributed by atoms with Crippen LogP contribution in [0.15, 0.2) is 42.6 Å². The number of hydrogen-bond acceptors (Lipinski definition) is 4. The van der Waals surface area contributed by atoms with E-state index in [1.165, 1.54) is 0 Å². The van der Waals surface area contributed by atoms with Crippen molar-refractivity contribution in [2.75, 3.05) is 26.2 Å². The summed E-state index contributed by atoms with van der Waals surface area (Å²) >= 11 is 0. The molecule has 2 aliphatic rings. The van der Waals surface area contributed by atoms with Crippen molar-refractivity contribution in [1.29, 1.82) is 0 Å². The lowest BCUT2D eigenvalue weighted by atomic mass is 10.1. The summed E-state index contributed by atoms with van der Waals surface area (Å²) < 4.78 is 5.96. The summed E-state index contributed by atoms with van der Waals surface area (Å²) in [6, 6.07) is 11.1. The van der Waals surface area contributed by atoms with Gasteiger partial charge in [0, 0.05) is 31.4 Å². The fourth-order valence-corrected chi connectivity index (χ4v) is 4.11. The number of carbonyl (C=O) groups excluding carboxylic acids is 2. The Morgan fingerprint density at radius 1 is 1.03 bits per heavy atom. The van der Waals surface area contributed by atoms with Crippen molar-refractivity contribution in [3.8, 4) is 5.75 Å². The standard InChI is InChI=1S/C23H27N3O3/c1-17-6-4-12-24-21(17)23(28)26-15-5-7-19(26)16-29-20-10-8-18(9-11-20)22(27)25-13-2-3-14-25/h4,6,8-12,19H,2-3,5,7,13-16H2,1H3. The number of benzene rings is 1. The topological polar surface area (TPSA) is 62.7 Å². The Kier molecular flexibility index (Phi) is 5.79. The number of hydrogen-bond donors (Lipinski definition) is 0. The predicted octanol–water partition coefficient (Wildman–Crippen LogP) is 3.31. The number of amides is 2. The molecule has 1 atom stereocenters. The van der Waals surface area contributed by atoms with Gasteiger partial charge >= 0.3 is 0 Å². The van der Waals surface area contributed by atoms with Gasteiger partial charge in [0.1, 0.15) is 18.1 Å². The second kappa shape index (κ2) is 8.64. The monoisotopic (exact) mass is 393 g/mol. The molecule has 0 N–H and O–H groups in total. The molecule has 29 heavy (non-hydrogen) atoms. The summed E-state index contributed by atoms with van der Waals surface area (Å²) in [7, 11) is 0. The van der Waals surface area contributed by atoms with Gasteiger partial charge in [0.25, 0.3) is 11.8 Å². The molecule has 6 nitrogen and oxygen atoms in total. The zero-order valence-corrected chi connectivity index (χ0v) is 16.8. The lowest BCUT2D eigenvalue weighted by Gasteiger charge is -2.25. The molecule has 0 radical (unpaired) electrons. The lowest BCUT2D eigenvalue weighted by molar-refractivity contribution is 0.0684. The van der Waals surface area contributed by atoms with E-state index in [2.05, 4.69) is 4.98 Å². The van der Waals surface area contributed by atoms with Gasteiger partial charge in [-0.25, -0.2) is 0 Å². The van der Waals surface area contributed by atoms with Gasteiger partial charge in [0.05, 0.1) is 6.04 Å². The van der Waals surface area contributed by atoms with Crippen LogP contribution < -0.4 is 4.74 Å². The maximum Gasteiger partial charge on any atom is 0.273 e. The largest absolute Gasteiger partial charge is 0.491 e. The Balaban J connectivity index is 1.36. The number of ether oxygens (including phenoxy) is 1. The van der Waals surface area contributed by atoms with Crippen LogP contribution in [0.3, 0.4) is 0 Å². The number of pyridine rings is 1. The van der Waals surface area contributed by atoms with Gasteiger partial charge < -0.3 is 14.5 Å². The van der Waals surface area contributed by atoms with Crippen molar-refractivity contribution >= 4 is 11.8 Å². The molecule has 0 aliphatic carbocycles. The van der Waals surface area contributed by atoms with E-state index in [4.69, 9.17) is 4.74 Å². The first kappa shape index (κ1) is 19.4. The first-order valence-corrected chi connectivity index (χ1v) is 10.4. The van der Waals surface area contributed by atoms with E-state index in [-0.39, 0.29) is 17.9 Å². The van der Waals surface area contributed by atoms with Gasteiger partial charge in [-0.05, 0) is 68.5 Å². The summed E-state index contributed by atoms with van der Waals surface area (Å²) in [6.45, 7) is 4.77. The predicted molar refractivity (Wildman–Crippen MR) is 110 cm³/mol. The number of rotatable bonds is 5. The van der Waals surface area contributed by atoms with Gasteiger partial charge in [0.15, 0.2) is 0 Å². The summed E-state index contributed by atoms with van der Waals surface area (Å²) in [6.07, 6.45) is 5.72. The fourth-order valence-electron chi connectivity index (χ4n) is 4.11. The maximum absolute atomic E-state index is 12.9. The first-order chi connectivity index (χ1) is 14.1. The molecule has 3 heterocycles. The first-order valence-electron chi connectivity index (χ1n) is 10.4. The quantitative estimate of drug-likeness (QED) is 0.782. The molecule has 1 unspecified atom stereocenters. The van der Waals surface area contributed by atoms with Crippen LogP contribution in [0.4, 0.5) is 0 Å². The molecule has 2 saturated heterocycles. The fraction of sp³-hybridized carbons (Fsp3) is 0.435. The average Bonchev–Trinajstić information content (AvgIpc) is 3.44. The van der Waals surface area contributed by atoms with Gasteiger partial charge in [-0.1, -0.05) is 6.07 Å².